The van der Waals surface area contributed by atoms with E-state index in [1.807, 2.05) is 57.2 Å². The predicted molar refractivity (Wildman–Crippen MR) is 109 cm³/mol. The Kier molecular flexibility index (Phi) is 5.57. The van der Waals surface area contributed by atoms with E-state index in [0.717, 1.165) is 28.1 Å². The maximum atomic E-state index is 13.1. The lowest BCUT2D eigenvalue weighted by molar-refractivity contribution is -0.141. The Labute approximate surface area is 165 Å². The fourth-order valence-corrected chi connectivity index (χ4v) is 3.95. The van der Waals surface area contributed by atoms with Gasteiger partial charge in [0.15, 0.2) is 5.60 Å². The van der Waals surface area contributed by atoms with Gasteiger partial charge in [-0.3, -0.25) is 9.59 Å². The minimum Gasteiger partial charge on any atom is -0.494 e. The van der Waals surface area contributed by atoms with Crippen LogP contribution in [0.15, 0.2) is 36.4 Å². The third kappa shape index (κ3) is 3.67. The highest BCUT2D eigenvalue weighted by atomic mass is 16.5. The maximum Gasteiger partial charge on any atom is 0.264 e. The molecule has 0 saturated heterocycles. The second-order valence-electron chi connectivity index (χ2n) is 7.64. The van der Waals surface area contributed by atoms with E-state index in [1.54, 1.807) is 4.90 Å². The fraction of sp³-hybridized carbons (Fsp3) is 0.391. The minimum atomic E-state index is -1.78. The molecule has 0 bridgehead atoms. The number of anilines is 1. The Balaban J connectivity index is 1.79. The van der Waals surface area contributed by atoms with Gasteiger partial charge in [-0.05, 0) is 62.9 Å². The summed E-state index contributed by atoms with van der Waals surface area (Å²) in [6.45, 7) is 8.06. The van der Waals surface area contributed by atoms with E-state index >= 15 is 0 Å². The van der Waals surface area contributed by atoms with Gasteiger partial charge < -0.3 is 14.7 Å². The predicted octanol–water partition coefficient (Wildman–Crippen LogP) is 3.59. The van der Waals surface area contributed by atoms with Gasteiger partial charge in [0, 0.05) is 18.5 Å². The number of Topliss-reactive ketones (excluding diaryl/α,β-unsaturated/α-hetero) is 1. The molecule has 1 unspecified atom stereocenters. The first kappa shape index (κ1) is 20.1. The summed E-state index contributed by atoms with van der Waals surface area (Å²) in [5.74, 6) is 0.159. The van der Waals surface area contributed by atoms with Crippen molar-refractivity contribution in [2.45, 2.75) is 46.1 Å². The molecule has 1 aliphatic rings. The van der Waals surface area contributed by atoms with E-state index in [0.29, 0.717) is 25.1 Å². The minimum absolute atomic E-state index is 0.209. The third-order valence-electron chi connectivity index (χ3n) is 5.16. The molecule has 2 aromatic carbocycles. The number of hydrogen-bond donors (Lipinski definition) is 1. The van der Waals surface area contributed by atoms with Crippen molar-refractivity contribution in [3.63, 3.8) is 0 Å². The van der Waals surface area contributed by atoms with Crippen LogP contribution in [0.2, 0.25) is 0 Å². The lowest BCUT2D eigenvalue weighted by Crippen LogP contribution is -2.42. The third-order valence-corrected chi connectivity index (χ3v) is 5.16. The average Bonchev–Trinajstić information content (AvgIpc) is 2.84. The zero-order valence-electron chi connectivity index (χ0n) is 16.9. The normalized spacial score (nSPS) is 18.3. The first-order valence-corrected chi connectivity index (χ1v) is 9.58. The van der Waals surface area contributed by atoms with Crippen molar-refractivity contribution in [1.29, 1.82) is 0 Å². The zero-order valence-corrected chi connectivity index (χ0v) is 16.9. The summed E-state index contributed by atoms with van der Waals surface area (Å²) in [6, 6.07) is 11.7. The number of nitrogens with zero attached hydrogens (tertiary/aromatic N) is 1. The van der Waals surface area contributed by atoms with Crippen molar-refractivity contribution < 1.29 is 19.4 Å². The second kappa shape index (κ2) is 7.76. The second-order valence-corrected chi connectivity index (χ2v) is 7.64. The van der Waals surface area contributed by atoms with E-state index in [4.69, 9.17) is 4.74 Å². The summed E-state index contributed by atoms with van der Waals surface area (Å²) in [7, 11) is 0. The van der Waals surface area contributed by atoms with Gasteiger partial charge in [0.05, 0.1) is 12.3 Å². The van der Waals surface area contributed by atoms with Crippen molar-refractivity contribution in [2.24, 2.45) is 0 Å². The van der Waals surface area contributed by atoms with Crippen LogP contribution in [0.3, 0.4) is 0 Å². The molecule has 2 aromatic rings. The molecule has 0 aromatic heterocycles. The molecular formula is C23H27NO4. The van der Waals surface area contributed by atoms with Gasteiger partial charge in [-0.25, -0.2) is 0 Å². The topological polar surface area (TPSA) is 66.8 Å². The van der Waals surface area contributed by atoms with Gasteiger partial charge in [-0.15, -0.1) is 0 Å². The number of ether oxygens (including phenoxy) is 1. The standard InChI is InChI=1S/C23H27NO4/c1-15-7-5-8-19(13-15)28-12-6-11-24-21-17(3)10-9-16(2)20(21)23(27,22(24)26)14-18(4)25/h5,7-10,13,27H,6,11-12,14H2,1-4H3. The number of amides is 1. The molecule has 1 amide bonds. The van der Waals surface area contributed by atoms with E-state index in [1.165, 1.54) is 6.92 Å². The Hall–Kier alpha value is -2.66. The van der Waals surface area contributed by atoms with Crippen molar-refractivity contribution in [3.05, 3.63) is 58.7 Å². The van der Waals surface area contributed by atoms with Crippen LogP contribution in [0.25, 0.3) is 0 Å². The van der Waals surface area contributed by atoms with Crippen LogP contribution >= 0.6 is 0 Å². The molecule has 1 aliphatic heterocycles. The molecule has 1 heterocycles. The van der Waals surface area contributed by atoms with Crippen molar-refractivity contribution >= 4 is 17.4 Å². The van der Waals surface area contributed by atoms with Gasteiger partial charge in [0.25, 0.3) is 5.91 Å². The van der Waals surface area contributed by atoms with Gasteiger partial charge in [-0.1, -0.05) is 24.3 Å². The molecule has 1 N–H and O–H groups in total. The number of benzene rings is 2. The van der Waals surface area contributed by atoms with Crippen LogP contribution in [0.5, 0.6) is 5.75 Å². The van der Waals surface area contributed by atoms with Crippen LogP contribution in [-0.4, -0.2) is 29.9 Å². The first-order valence-electron chi connectivity index (χ1n) is 9.58. The smallest absolute Gasteiger partial charge is 0.264 e. The Morgan fingerprint density at radius 3 is 2.54 bits per heavy atom. The molecule has 0 fully saturated rings. The van der Waals surface area contributed by atoms with Crippen molar-refractivity contribution in [1.82, 2.24) is 0 Å². The molecule has 0 saturated carbocycles. The average molecular weight is 381 g/mol. The highest BCUT2D eigenvalue weighted by molar-refractivity contribution is 6.09. The summed E-state index contributed by atoms with van der Waals surface area (Å²) >= 11 is 0. The molecule has 3 rings (SSSR count). The molecule has 1 atom stereocenters. The quantitative estimate of drug-likeness (QED) is 0.744. The Morgan fingerprint density at radius 2 is 1.86 bits per heavy atom. The number of aliphatic hydroxyl groups is 1. The summed E-state index contributed by atoms with van der Waals surface area (Å²) in [5, 5.41) is 11.2. The van der Waals surface area contributed by atoms with Crippen molar-refractivity contribution in [2.75, 3.05) is 18.1 Å². The highest BCUT2D eigenvalue weighted by Crippen LogP contribution is 2.46. The number of carbonyl (C=O) groups excluding carboxylic acids is 2. The first-order chi connectivity index (χ1) is 13.2. The maximum absolute atomic E-state index is 13.1. The van der Waals surface area contributed by atoms with Gasteiger partial charge in [-0.2, -0.15) is 0 Å². The summed E-state index contributed by atoms with van der Waals surface area (Å²) in [4.78, 5) is 26.5. The van der Waals surface area contributed by atoms with E-state index in [-0.39, 0.29) is 12.2 Å². The van der Waals surface area contributed by atoms with E-state index in [9.17, 15) is 14.7 Å². The summed E-state index contributed by atoms with van der Waals surface area (Å²) < 4.78 is 5.79. The molecule has 148 valence electrons. The molecule has 0 aliphatic carbocycles. The molecule has 28 heavy (non-hydrogen) atoms. The largest absolute Gasteiger partial charge is 0.494 e. The highest BCUT2D eigenvalue weighted by Gasteiger charge is 2.51. The number of aryl methyl sites for hydroxylation is 3. The molecule has 0 spiro atoms. The summed E-state index contributed by atoms with van der Waals surface area (Å²) in [6.07, 6.45) is 0.405. The summed E-state index contributed by atoms with van der Waals surface area (Å²) in [5.41, 5.74) is 2.36. The molecular weight excluding hydrogens is 354 g/mol. The van der Waals surface area contributed by atoms with Gasteiger partial charge in [0.2, 0.25) is 0 Å². The number of rotatable bonds is 7. The fourth-order valence-electron chi connectivity index (χ4n) is 3.95. The lowest BCUT2D eigenvalue weighted by Gasteiger charge is -2.22. The Morgan fingerprint density at radius 1 is 1.14 bits per heavy atom. The van der Waals surface area contributed by atoms with Crippen LogP contribution < -0.4 is 9.64 Å². The van der Waals surface area contributed by atoms with Crippen LogP contribution in [0.1, 0.15) is 42.0 Å². The van der Waals surface area contributed by atoms with Gasteiger partial charge >= 0.3 is 0 Å². The number of hydrogen-bond acceptors (Lipinski definition) is 4. The van der Waals surface area contributed by atoms with Crippen LogP contribution in [0, 0.1) is 20.8 Å². The molecule has 5 nitrogen and oxygen atoms in total. The van der Waals surface area contributed by atoms with Gasteiger partial charge in [0.1, 0.15) is 11.5 Å². The Bertz CT molecular complexity index is 921. The zero-order chi connectivity index (χ0) is 20.5. The SMILES string of the molecule is CC(=O)CC1(O)C(=O)N(CCCOc2cccc(C)c2)c2c(C)ccc(C)c21. The number of carbonyl (C=O) groups is 2. The monoisotopic (exact) mass is 381 g/mol. The van der Waals surface area contributed by atoms with E-state index < -0.39 is 11.5 Å². The number of ketones is 1. The van der Waals surface area contributed by atoms with Crippen molar-refractivity contribution in [3.8, 4) is 5.75 Å². The molecule has 5 heteroatoms. The number of fused-ring (bicyclic) bond motifs is 1. The van der Waals surface area contributed by atoms with E-state index in [2.05, 4.69) is 0 Å². The van der Waals surface area contributed by atoms with Crippen LogP contribution in [-0.2, 0) is 15.2 Å². The molecule has 0 radical (unpaired) electrons. The van der Waals surface area contributed by atoms with Crippen LogP contribution in [0.4, 0.5) is 5.69 Å². The lowest BCUT2D eigenvalue weighted by atomic mass is 9.86.